The van der Waals surface area contributed by atoms with Crippen molar-refractivity contribution in [1.29, 1.82) is 0 Å². The molecule has 0 radical (unpaired) electrons. The van der Waals surface area contributed by atoms with Gasteiger partial charge >= 0.3 is 0 Å². The number of benzene rings is 3. The van der Waals surface area contributed by atoms with Gasteiger partial charge in [0.05, 0.1) is 45.6 Å². The van der Waals surface area contributed by atoms with Gasteiger partial charge in [0.2, 0.25) is 0 Å². The Hall–Kier alpha value is -4.00. The van der Waals surface area contributed by atoms with Gasteiger partial charge in [0.1, 0.15) is 0 Å². The summed E-state index contributed by atoms with van der Waals surface area (Å²) >= 11 is 0. The van der Waals surface area contributed by atoms with Crippen molar-refractivity contribution in [2.24, 2.45) is 0 Å². The first-order valence-electron chi connectivity index (χ1n) is 11.5. The highest BCUT2D eigenvalue weighted by Gasteiger charge is 2.45. The summed E-state index contributed by atoms with van der Waals surface area (Å²) in [5.74, 6) is 1.63. The van der Waals surface area contributed by atoms with Crippen molar-refractivity contribution in [1.82, 2.24) is 4.90 Å². The lowest BCUT2D eigenvalue weighted by atomic mass is 9.74. The molecular formula is C28H27NO6. The lowest BCUT2D eigenvalue weighted by Gasteiger charge is -2.39. The molecule has 35 heavy (non-hydrogen) atoms. The number of rotatable bonds is 6. The quantitative estimate of drug-likeness (QED) is 0.492. The van der Waals surface area contributed by atoms with E-state index in [1.165, 1.54) is 4.90 Å². The zero-order valence-corrected chi connectivity index (χ0v) is 20.2. The number of methoxy groups -OCH3 is 4. The molecule has 0 unspecified atom stereocenters. The maximum atomic E-state index is 13.5. The molecule has 0 saturated carbocycles. The Morgan fingerprint density at radius 2 is 1.29 bits per heavy atom. The fourth-order valence-electron chi connectivity index (χ4n) is 5.36. The molecule has 0 saturated heterocycles. The largest absolute Gasteiger partial charge is 0.493 e. The molecule has 2 amide bonds. The van der Waals surface area contributed by atoms with Crippen LogP contribution < -0.4 is 18.9 Å². The maximum absolute atomic E-state index is 13.5. The first kappa shape index (κ1) is 22.8. The van der Waals surface area contributed by atoms with Crippen molar-refractivity contribution in [2.75, 3.05) is 28.4 Å². The molecule has 3 aromatic rings. The normalized spacial score (nSPS) is 18.7. The van der Waals surface area contributed by atoms with E-state index in [0.717, 1.165) is 16.7 Å². The van der Waals surface area contributed by atoms with Gasteiger partial charge in [0, 0.05) is 5.92 Å². The summed E-state index contributed by atoms with van der Waals surface area (Å²) in [5.41, 5.74) is 3.89. The fourth-order valence-corrected chi connectivity index (χ4v) is 5.36. The van der Waals surface area contributed by atoms with E-state index in [4.69, 9.17) is 18.9 Å². The molecule has 7 nitrogen and oxygen atoms in total. The highest BCUT2D eigenvalue weighted by Crippen LogP contribution is 2.46. The number of carbonyl (C=O) groups is 2. The van der Waals surface area contributed by atoms with Gasteiger partial charge in [-0.15, -0.1) is 0 Å². The third-order valence-corrected chi connectivity index (χ3v) is 7.00. The van der Waals surface area contributed by atoms with E-state index in [0.29, 0.717) is 47.0 Å². The van der Waals surface area contributed by atoms with Crippen LogP contribution in [0.15, 0.2) is 54.6 Å². The Morgan fingerprint density at radius 3 is 1.89 bits per heavy atom. The van der Waals surface area contributed by atoms with Crippen molar-refractivity contribution < 1.29 is 28.5 Å². The summed E-state index contributed by atoms with van der Waals surface area (Å²) in [6, 6.07) is 16.3. The van der Waals surface area contributed by atoms with E-state index in [-0.39, 0.29) is 23.8 Å². The summed E-state index contributed by atoms with van der Waals surface area (Å²) < 4.78 is 22.1. The third-order valence-electron chi connectivity index (χ3n) is 7.00. The van der Waals surface area contributed by atoms with Crippen LogP contribution in [0.2, 0.25) is 0 Å². The molecule has 1 aliphatic carbocycles. The van der Waals surface area contributed by atoms with Crippen LogP contribution in [0.3, 0.4) is 0 Å². The van der Waals surface area contributed by atoms with E-state index in [2.05, 4.69) is 0 Å². The molecule has 1 heterocycles. The van der Waals surface area contributed by atoms with Crippen LogP contribution in [-0.2, 0) is 6.42 Å². The molecule has 1 aliphatic heterocycles. The number of nitrogens with zero attached hydrogens (tertiary/aromatic N) is 1. The van der Waals surface area contributed by atoms with Crippen molar-refractivity contribution in [3.05, 3.63) is 82.4 Å². The number of fused-ring (bicyclic) bond motifs is 2. The molecule has 2 aliphatic rings. The van der Waals surface area contributed by atoms with Gasteiger partial charge in [-0.2, -0.15) is 0 Å². The number of hydrogen-bond acceptors (Lipinski definition) is 6. The molecule has 180 valence electrons. The van der Waals surface area contributed by atoms with Gasteiger partial charge in [-0.3, -0.25) is 14.5 Å². The molecule has 0 aromatic heterocycles. The minimum atomic E-state index is -0.383. The van der Waals surface area contributed by atoms with E-state index >= 15 is 0 Å². The Labute approximate surface area is 204 Å². The van der Waals surface area contributed by atoms with E-state index < -0.39 is 0 Å². The number of amides is 2. The average Bonchev–Trinajstić information content (AvgIpc) is 3.16. The number of hydrogen-bond donors (Lipinski definition) is 0. The molecule has 2 atom stereocenters. The summed E-state index contributed by atoms with van der Waals surface area (Å²) in [6.45, 7) is 0. The topological polar surface area (TPSA) is 74.3 Å². The number of carbonyl (C=O) groups excluding carboxylic acids is 2. The van der Waals surface area contributed by atoms with Gasteiger partial charge < -0.3 is 18.9 Å². The van der Waals surface area contributed by atoms with Crippen LogP contribution in [-0.4, -0.2) is 51.2 Å². The summed E-state index contributed by atoms with van der Waals surface area (Å²) in [4.78, 5) is 28.4. The summed E-state index contributed by atoms with van der Waals surface area (Å²) in [5, 5.41) is 0. The Kier molecular flexibility index (Phi) is 5.84. The highest BCUT2D eigenvalue weighted by atomic mass is 16.5. The lowest BCUT2D eigenvalue weighted by molar-refractivity contribution is 0.0555. The molecular weight excluding hydrogens is 446 g/mol. The Balaban J connectivity index is 1.68. The predicted octanol–water partition coefficient (Wildman–Crippen LogP) is 4.46. The second-order valence-corrected chi connectivity index (χ2v) is 8.63. The highest BCUT2D eigenvalue weighted by molar-refractivity contribution is 6.21. The molecule has 0 fully saturated rings. The maximum Gasteiger partial charge on any atom is 0.261 e. The minimum Gasteiger partial charge on any atom is -0.493 e. The molecule has 0 bridgehead atoms. The fraction of sp³-hybridized carbons (Fsp3) is 0.286. The predicted molar refractivity (Wildman–Crippen MR) is 130 cm³/mol. The van der Waals surface area contributed by atoms with Crippen LogP contribution in [0.1, 0.15) is 49.7 Å². The van der Waals surface area contributed by atoms with Crippen LogP contribution in [0.25, 0.3) is 0 Å². The lowest BCUT2D eigenvalue weighted by Crippen LogP contribution is -2.46. The van der Waals surface area contributed by atoms with E-state index in [9.17, 15) is 9.59 Å². The standard InChI is InChI=1S/C28H27NO6/c1-32-22-12-10-17(14-23(22)33-2)26-20-15-25(35-4)24(34-3)13-16(20)9-11-21(26)29-27(30)18-7-5-6-8-19(18)28(29)31/h5-8,10,12-15,21,26H,9,11H2,1-4H3/t21-,26-/m0/s1. The second kappa shape index (κ2) is 8.98. The Bertz CT molecular complexity index is 1280. The Morgan fingerprint density at radius 1 is 0.714 bits per heavy atom. The van der Waals surface area contributed by atoms with E-state index in [1.807, 2.05) is 30.3 Å². The molecule has 3 aromatic carbocycles. The third kappa shape index (κ3) is 3.58. The molecule has 7 heteroatoms. The average molecular weight is 474 g/mol. The number of aryl methyl sites for hydroxylation is 1. The molecule has 5 rings (SSSR count). The first-order valence-corrected chi connectivity index (χ1v) is 11.5. The van der Waals surface area contributed by atoms with Crippen LogP contribution in [0, 0.1) is 0 Å². The van der Waals surface area contributed by atoms with Crippen LogP contribution in [0.4, 0.5) is 0 Å². The van der Waals surface area contributed by atoms with Gasteiger partial charge in [-0.25, -0.2) is 0 Å². The number of ether oxygens (including phenoxy) is 4. The zero-order valence-electron chi connectivity index (χ0n) is 20.2. The molecule has 0 N–H and O–H groups in total. The number of imide groups is 1. The van der Waals surface area contributed by atoms with Crippen molar-refractivity contribution in [3.8, 4) is 23.0 Å². The van der Waals surface area contributed by atoms with Crippen molar-refractivity contribution >= 4 is 11.8 Å². The molecule has 0 spiro atoms. The SMILES string of the molecule is COc1ccc([C@H]2c3cc(OC)c(OC)cc3CC[C@@H]2N2C(=O)c3ccccc3C2=O)cc1OC. The smallest absolute Gasteiger partial charge is 0.261 e. The van der Waals surface area contributed by atoms with Gasteiger partial charge in [0.15, 0.2) is 23.0 Å². The van der Waals surface area contributed by atoms with Gasteiger partial charge in [0.25, 0.3) is 11.8 Å². The monoisotopic (exact) mass is 473 g/mol. The van der Waals surface area contributed by atoms with Crippen LogP contribution in [0.5, 0.6) is 23.0 Å². The zero-order chi connectivity index (χ0) is 24.7. The van der Waals surface area contributed by atoms with Crippen LogP contribution >= 0.6 is 0 Å². The second-order valence-electron chi connectivity index (χ2n) is 8.63. The van der Waals surface area contributed by atoms with Gasteiger partial charge in [-0.05, 0) is 65.9 Å². The van der Waals surface area contributed by atoms with E-state index in [1.54, 1.807) is 52.7 Å². The summed E-state index contributed by atoms with van der Waals surface area (Å²) in [6.07, 6.45) is 1.31. The van der Waals surface area contributed by atoms with Crippen molar-refractivity contribution in [2.45, 2.75) is 24.8 Å². The van der Waals surface area contributed by atoms with Crippen molar-refractivity contribution in [3.63, 3.8) is 0 Å². The minimum absolute atomic E-state index is 0.259. The summed E-state index contributed by atoms with van der Waals surface area (Å²) in [7, 11) is 6.39. The van der Waals surface area contributed by atoms with Gasteiger partial charge in [-0.1, -0.05) is 18.2 Å². The first-order chi connectivity index (χ1) is 17.0.